The van der Waals surface area contributed by atoms with Crippen molar-refractivity contribution in [2.24, 2.45) is 23.7 Å². The van der Waals surface area contributed by atoms with Crippen molar-refractivity contribution in [3.05, 3.63) is 58.4 Å². The highest BCUT2D eigenvalue weighted by Gasteiger charge is 2.14. The minimum Gasteiger partial charge on any atom is -0.212 e. The van der Waals surface area contributed by atoms with E-state index >= 15 is 0 Å². The van der Waals surface area contributed by atoms with Crippen LogP contribution in [0.1, 0.15) is 133 Å². The largest absolute Gasteiger partial charge is 0.212 e. The van der Waals surface area contributed by atoms with E-state index in [1.165, 1.54) is 62.5 Å². The lowest BCUT2D eigenvalue weighted by Gasteiger charge is -2.22. The van der Waals surface area contributed by atoms with Crippen LogP contribution in [0.4, 0.5) is 4.39 Å². The topological polar surface area (TPSA) is 0 Å². The van der Waals surface area contributed by atoms with Crippen LogP contribution < -0.4 is 0 Å². The molecule has 0 radical (unpaired) electrons. The molecule has 1 heteroatoms. The number of hydrogen-bond acceptors (Lipinski definition) is 0. The average Bonchev–Trinajstić information content (AvgIpc) is 2.79. The van der Waals surface area contributed by atoms with Gasteiger partial charge in [-0.15, -0.1) is 0 Å². The zero-order valence-electron chi connectivity index (χ0n) is 23.1. The van der Waals surface area contributed by atoms with Gasteiger partial charge in [-0.3, -0.25) is 0 Å². The maximum absolute atomic E-state index is 12.7. The van der Waals surface area contributed by atoms with Crippen molar-refractivity contribution in [3.8, 4) is 0 Å². The Morgan fingerprint density at radius 1 is 0.629 bits per heavy atom. The van der Waals surface area contributed by atoms with E-state index in [1.807, 2.05) is 6.92 Å². The third-order valence-corrected chi connectivity index (χ3v) is 7.43. The minimum absolute atomic E-state index is 0. The molecule has 0 nitrogen and oxygen atoms in total. The molecule has 35 heavy (non-hydrogen) atoms. The predicted molar refractivity (Wildman–Crippen MR) is 162 cm³/mol. The lowest BCUT2D eigenvalue weighted by molar-refractivity contribution is 0.308. The Labute approximate surface area is 222 Å². The Balaban J connectivity index is -0.000000393. The van der Waals surface area contributed by atoms with Crippen LogP contribution in [0, 0.1) is 37.5 Å². The molecule has 0 bridgehead atoms. The van der Waals surface area contributed by atoms with Gasteiger partial charge in [0.05, 0.1) is 5.83 Å². The van der Waals surface area contributed by atoms with Gasteiger partial charge < -0.3 is 0 Å². The van der Waals surface area contributed by atoms with Crippen LogP contribution >= 0.6 is 0 Å². The van der Waals surface area contributed by atoms with Gasteiger partial charge in [0.2, 0.25) is 0 Å². The summed E-state index contributed by atoms with van der Waals surface area (Å²) >= 11 is 0. The molecule has 1 saturated carbocycles. The Hall–Kier alpha value is -1.37. The summed E-state index contributed by atoms with van der Waals surface area (Å²) in [6.45, 7) is 17.5. The summed E-state index contributed by atoms with van der Waals surface area (Å²) in [5, 5.41) is 0. The molecule has 1 aromatic carbocycles. The van der Waals surface area contributed by atoms with Crippen LogP contribution in [-0.4, -0.2) is 0 Å². The SMILES string of the molecule is C.C.CC1=C(F)CC(C)CC1.CC1=CCC(C)CC1.CC1CCC(C)CC1.Cc1ccc(C)cc1.[HH]. The predicted octanol–water partition coefficient (Wildman–Crippen LogP) is 12.5. The van der Waals surface area contributed by atoms with E-state index in [2.05, 4.69) is 78.8 Å². The van der Waals surface area contributed by atoms with Gasteiger partial charge >= 0.3 is 0 Å². The highest BCUT2D eigenvalue weighted by molar-refractivity contribution is 5.19. The van der Waals surface area contributed by atoms with E-state index < -0.39 is 0 Å². The van der Waals surface area contributed by atoms with Crippen molar-refractivity contribution < 1.29 is 5.82 Å². The summed E-state index contributed by atoms with van der Waals surface area (Å²) < 4.78 is 12.7. The molecule has 3 aliphatic carbocycles. The zero-order valence-corrected chi connectivity index (χ0v) is 23.1. The molecule has 2 unspecified atom stereocenters. The van der Waals surface area contributed by atoms with Crippen LogP contribution in [-0.2, 0) is 0 Å². The zero-order chi connectivity index (χ0) is 24.8. The van der Waals surface area contributed by atoms with Gasteiger partial charge in [-0.05, 0) is 89.0 Å². The molecule has 0 aromatic heterocycles. The van der Waals surface area contributed by atoms with Crippen molar-refractivity contribution in [2.75, 3.05) is 0 Å². The standard InChI is InChI=1S/C8H13F.C8H16.C8H14.C8H10.2CH4.H2/c1-6-3-4-7(2)8(9)5-6;3*1-7-3-5-8(2)6-4-7;;;/h6H,3-5H2,1-2H3;7-8H,3-6H2,1-2H3;3,8H,4-6H2,1-2H3;3-6H,1-2H3;2*1H4;1H. The van der Waals surface area contributed by atoms with E-state index in [0.29, 0.717) is 12.3 Å². The van der Waals surface area contributed by atoms with E-state index in [4.69, 9.17) is 0 Å². The maximum Gasteiger partial charge on any atom is 0.0991 e. The van der Waals surface area contributed by atoms with Gasteiger partial charge in [0.25, 0.3) is 0 Å². The average molecular weight is 491 g/mol. The molecule has 0 spiro atoms. The van der Waals surface area contributed by atoms with Crippen LogP contribution in [0.3, 0.4) is 0 Å². The molecule has 4 rings (SSSR count). The Kier molecular flexibility index (Phi) is 20.2. The molecule has 0 amide bonds. The third-order valence-electron chi connectivity index (χ3n) is 7.43. The molecule has 1 fully saturated rings. The van der Waals surface area contributed by atoms with Gasteiger partial charge in [0.15, 0.2) is 0 Å². The smallest absolute Gasteiger partial charge is 0.0991 e. The fraction of sp³-hybridized carbons (Fsp3) is 0.706. The lowest BCUT2D eigenvalue weighted by Crippen LogP contribution is -2.08. The van der Waals surface area contributed by atoms with E-state index in [-0.39, 0.29) is 22.1 Å². The maximum atomic E-state index is 12.7. The second-order valence-corrected chi connectivity index (χ2v) is 11.5. The number of benzene rings is 1. The van der Waals surface area contributed by atoms with Gasteiger partial charge in [0.1, 0.15) is 0 Å². The lowest BCUT2D eigenvalue weighted by atomic mass is 9.84. The van der Waals surface area contributed by atoms with E-state index in [0.717, 1.165) is 29.7 Å². The first-order valence-corrected chi connectivity index (χ1v) is 13.6. The third kappa shape index (κ3) is 17.7. The molecule has 1 aromatic rings. The van der Waals surface area contributed by atoms with Crippen molar-refractivity contribution in [1.82, 2.24) is 0 Å². The molecular formula is C34H63F. The summed E-state index contributed by atoms with van der Waals surface area (Å²) in [5.41, 5.74) is 5.21. The number of rotatable bonds is 0. The second-order valence-electron chi connectivity index (χ2n) is 11.5. The van der Waals surface area contributed by atoms with Crippen LogP contribution in [0.15, 0.2) is 47.3 Å². The van der Waals surface area contributed by atoms with Gasteiger partial charge in [0, 0.05) is 7.85 Å². The first-order chi connectivity index (χ1) is 15.6. The minimum atomic E-state index is 0. The number of hydrogen-bond donors (Lipinski definition) is 0. The summed E-state index contributed by atoms with van der Waals surface area (Å²) in [5.74, 6) is 3.68. The quantitative estimate of drug-likeness (QED) is 0.317. The normalized spacial score (nSPS) is 25.5. The van der Waals surface area contributed by atoms with Crippen LogP contribution in [0.2, 0.25) is 0 Å². The van der Waals surface area contributed by atoms with Crippen molar-refractivity contribution >= 4 is 0 Å². The van der Waals surface area contributed by atoms with Crippen LogP contribution in [0.25, 0.3) is 0 Å². The summed E-state index contributed by atoms with van der Waals surface area (Å²) in [4.78, 5) is 0. The Bertz CT molecular complexity index is 676. The van der Waals surface area contributed by atoms with Crippen molar-refractivity contribution in [1.29, 1.82) is 0 Å². The first-order valence-electron chi connectivity index (χ1n) is 13.6. The Morgan fingerprint density at radius 2 is 1.06 bits per heavy atom. The molecule has 0 N–H and O–H groups in total. The fourth-order valence-electron chi connectivity index (χ4n) is 4.34. The van der Waals surface area contributed by atoms with E-state index in [1.54, 1.807) is 5.57 Å². The molecule has 206 valence electrons. The van der Waals surface area contributed by atoms with Gasteiger partial charge in [-0.1, -0.05) is 115 Å². The summed E-state index contributed by atoms with van der Waals surface area (Å²) in [6, 6.07) is 8.48. The summed E-state index contributed by atoms with van der Waals surface area (Å²) in [7, 11) is 0. The molecule has 0 heterocycles. The summed E-state index contributed by atoms with van der Waals surface area (Å²) in [6.07, 6.45) is 15.1. The molecule has 0 aliphatic heterocycles. The number of aryl methyl sites for hydroxylation is 2. The monoisotopic (exact) mass is 490 g/mol. The highest BCUT2D eigenvalue weighted by atomic mass is 19.1. The number of halogens is 1. The molecular weight excluding hydrogens is 427 g/mol. The van der Waals surface area contributed by atoms with Gasteiger partial charge in [-0.2, -0.15) is 0 Å². The van der Waals surface area contributed by atoms with Gasteiger partial charge in [-0.25, -0.2) is 4.39 Å². The Morgan fingerprint density at radius 3 is 1.37 bits per heavy atom. The van der Waals surface area contributed by atoms with Crippen molar-refractivity contribution in [2.45, 2.75) is 134 Å². The second kappa shape index (κ2) is 19.8. The van der Waals surface area contributed by atoms with Crippen LogP contribution in [0.5, 0.6) is 0 Å². The highest BCUT2D eigenvalue weighted by Crippen LogP contribution is 2.29. The van der Waals surface area contributed by atoms with Crippen molar-refractivity contribution in [3.63, 3.8) is 0 Å². The first kappa shape index (κ1) is 35.8. The fourth-order valence-corrected chi connectivity index (χ4v) is 4.34. The number of allylic oxidation sites excluding steroid dienone is 4. The molecule has 2 atom stereocenters. The molecule has 0 saturated heterocycles. The van der Waals surface area contributed by atoms with E-state index in [9.17, 15) is 4.39 Å². The molecule has 3 aliphatic rings.